The second kappa shape index (κ2) is 12.6. The van der Waals surface area contributed by atoms with Crippen LogP contribution in [-0.4, -0.2) is 70.9 Å². The number of hydrogen-bond acceptors (Lipinski definition) is 12. The van der Waals surface area contributed by atoms with Crippen molar-refractivity contribution in [3.05, 3.63) is 65.0 Å². The lowest BCUT2D eigenvalue weighted by atomic mass is 9.98. The lowest BCUT2D eigenvalue weighted by molar-refractivity contribution is -0.307. The van der Waals surface area contributed by atoms with Gasteiger partial charge in [0.2, 0.25) is 6.10 Å². The van der Waals surface area contributed by atoms with E-state index in [1.54, 1.807) is 54.6 Å². The number of rotatable bonds is 8. The third-order valence-corrected chi connectivity index (χ3v) is 5.93. The maximum Gasteiger partial charge on any atom is 0.303 e. The molecule has 2 heterocycles. The van der Waals surface area contributed by atoms with E-state index in [0.717, 1.165) is 32.4 Å². The van der Waals surface area contributed by atoms with E-state index in [0.29, 0.717) is 11.1 Å². The average Bonchev–Trinajstić information content (AvgIpc) is 2.92. The predicted molar refractivity (Wildman–Crippen MR) is 140 cm³/mol. The minimum atomic E-state index is -1.63. The first-order chi connectivity index (χ1) is 19.5. The summed E-state index contributed by atoms with van der Waals surface area (Å²) in [7, 11) is 0. The lowest BCUT2D eigenvalue weighted by Crippen LogP contribution is -2.64. The molecule has 0 unspecified atom stereocenters. The number of carbonyl (C=O) groups excluding carboxylic acids is 4. The second-order valence-corrected chi connectivity index (χ2v) is 9.09. The molecule has 1 fully saturated rings. The third kappa shape index (κ3) is 6.87. The summed E-state index contributed by atoms with van der Waals surface area (Å²) in [4.78, 5) is 72.2. The van der Waals surface area contributed by atoms with Gasteiger partial charge in [0.1, 0.15) is 12.7 Å². The fraction of sp³-hybridized carbons (Fsp3) is 0.357. The highest BCUT2D eigenvalue weighted by atomic mass is 16.8. The minimum absolute atomic E-state index is 0.0992. The average molecular weight is 569 g/mol. The molecule has 0 N–H and O–H groups in total. The van der Waals surface area contributed by atoms with Crippen LogP contribution in [0, 0.1) is 0 Å². The fourth-order valence-electron chi connectivity index (χ4n) is 4.36. The number of aromatic nitrogens is 2. The van der Waals surface area contributed by atoms with Gasteiger partial charge in [0.25, 0.3) is 11.8 Å². The molecule has 3 aromatic rings. The van der Waals surface area contributed by atoms with Gasteiger partial charge < -0.3 is 28.5 Å². The number of esters is 4. The van der Waals surface area contributed by atoms with Crippen LogP contribution in [0.25, 0.3) is 22.3 Å². The number of para-hydroxylation sites is 1. The fourth-order valence-corrected chi connectivity index (χ4v) is 4.36. The highest BCUT2D eigenvalue weighted by Crippen LogP contribution is 2.30. The first-order valence-corrected chi connectivity index (χ1v) is 12.6. The summed E-state index contributed by atoms with van der Waals surface area (Å²) in [5, 5.41) is 0.220. The Morgan fingerprint density at radius 1 is 0.780 bits per heavy atom. The Kier molecular flexibility index (Phi) is 8.97. The van der Waals surface area contributed by atoms with Crippen LogP contribution in [0.2, 0.25) is 0 Å². The summed E-state index contributed by atoms with van der Waals surface area (Å²) in [5.41, 5.74) is 0.307. The van der Waals surface area contributed by atoms with Crippen molar-refractivity contribution in [2.75, 3.05) is 6.61 Å². The minimum Gasteiger partial charge on any atom is -0.463 e. The molecule has 1 aliphatic rings. The van der Waals surface area contributed by atoms with Crippen LogP contribution in [0.1, 0.15) is 27.7 Å². The molecule has 13 nitrogen and oxygen atoms in total. The molecule has 216 valence electrons. The Morgan fingerprint density at radius 3 is 2.00 bits per heavy atom. The van der Waals surface area contributed by atoms with Crippen molar-refractivity contribution < 1.29 is 47.7 Å². The van der Waals surface area contributed by atoms with E-state index in [1.807, 2.05) is 0 Å². The summed E-state index contributed by atoms with van der Waals surface area (Å²) in [6.45, 7) is 4.03. The number of nitrogens with zero attached hydrogens (tertiary/aromatic N) is 2. The van der Waals surface area contributed by atoms with Crippen LogP contribution in [0.15, 0.2) is 59.4 Å². The molecule has 1 aliphatic heterocycles. The molecule has 0 saturated carbocycles. The molecule has 13 heteroatoms. The molecule has 0 aliphatic carbocycles. The van der Waals surface area contributed by atoms with Crippen LogP contribution >= 0.6 is 0 Å². The van der Waals surface area contributed by atoms with Gasteiger partial charge in [0.05, 0.1) is 10.9 Å². The van der Waals surface area contributed by atoms with E-state index in [-0.39, 0.29) is 11.2 Å². The maximum absolute atomic E-state index is 13.7. The first-order valence-electron chi connectivity index (χ1n) is 12.6. The van der Waals surface area contributed by atoms with Gasteiger partial charge in [0, 0.05) is 33.3 Å². The molecule has 1 aromatic heterocycles. The van der Waals surface area contributed by atoms with Crippen molar-refractivity contribution in [1.29, 1.82) is 0 Å². The molecule has 1 saturated heterocycles. The number of fused-ring (bicyclic) bond motifs is 1. The Hall–Kier alpha value is -4.78. The molecular weight excluding hydrogens is 540 g/mol. The quantitative estimate of drug-likeness (QED) is 0.286. The molecule has 0 bridgehead atoms. The number of hydrogen-bond donors (Lipinski definition) is 0. The van der Waals surface area contributed by atoms with Crippen molar-refractivity contribution in [3.63, 3.8) is 0 Å². The lowest BCUT2D eigenvalue weighted by Gasteiger charge is -2.43. The van der Waals surface area contributed by atoms with Gasteiger partial charge in [-0.05, 0) is 12.1 Å². The zero-order chi connectivity index (χ0) is 29.7. The Morgan fingerprint density at radius 2 is 1.37 bits per heavy atom. The van der Waals surface area contributed by atoms with Gasteiger partial charge in [-0.3, -0.25) is 24.0 Å². The van der Waals surface area contributed by atoms with Crippen molar-refractivity contribution in [3.8, 4) is 11.4 Å². The smallest absolute Gasteiger partial charge is 0.303 e. The van der Waals surface area contributed by atoms with E-state index in [4.69, 9.17) is 28.5 Å². The molecule has 4 rings (SSSR count). The van der Waals surface area contributed by atoms with Gasteiger partial charge in [-0.15, -0.1) is 4.73 Å². The number of benzene rings is 2. The van der Waals surface area contributed by atoms with Crippen LogP contribution in [0.4, 0.5) is 0 Å². The van der Waals surface area contributed by atoms with E-state index in [2.05, 4.69) is 4.98 Å². The number of ether oxygens (including phenoxy) is 5. The van der Waals surface area contributed by atoms with E-state index >= 15 is 0 Å². The van der Waals surface area contributed by atoms with Crippen LogP contribution in [-0.2, 0) is 42.9 Å². The summed E-state index contributed by atoms with van der Waals surface area (Å²) < 4.78 is 28.3. The van der Waals surface area contributed by atoms with E-state index in [1.165, 1.54) is 0 Å². The summed E-state index contributed by atoms with van der Waals surface area (Å²) in [6.07, 6.45) is -7.26. The largest absolute Gasteiger partial charge is 0.463 e. The zero-order valence-corrected chi connectivity index (χ0v) is 22.7. The molecular formula is C28H28N2O11. The molecule has 0 amide bonds. The monoisotopic (exact) mass is 568 g/mol. The zero-order valence-electron chi connectivity index (χ0n) is 22.7. The highest BCUT2D eigenvalue weighted by Gasteiger charge is 2.54. The Bertz CT molecular complexity index is 1500. The predicted octanol–water partition coefficient (Wildman–Crippen LogP) is 1.58. The second-order valence-electron chi connectivity index (χ2n) is 9.09. The molecule has 41 heavy (non-hydrogen) atoms. The SMILES string of the molecule is CC(=O)OC[C@H]1O[C@H](On2c(-c3ccccc3)nc3ccccc3c2=O)[C@@H](OC(C)=O)[C@H](OC(C)=O)[C@H]1OC(C)=O. The van der Waals surface area contributed by atoms with E-state index in [9.17, 15) is 24.0 Å². The van der Waals surface area contributed by atoms with Crippen molar-refractivity contribution >= 4 is 34.8 Å². The van der Waals surface area contributed by atoms with Gasteiger partial charge in [-0.25, -0.2) is 4.98 Å². The van der Waals surface area contributed by atoms with Crippen LogP contribution < -0.4 is 10.4 Å². The highest BCUT2D eigenvalue weighted by molar-refractivity contribution is 5.79. The Balaban J connectivity index is 1.86. The van der Waals surface area contributed by atoms with Gasteiger partial charge in [-0.2, -0.15) is 0 Å². The Labute approximate surface area is 233 Å². The van der Waals surface area contributed by atoms with Crippen molar-refractivity contribution in [1.82, 2.24) is 9.71 Å². The summed E-state index contributed by atoms with van der Waals surface area (Å²) >= 11 is 0. The van der Waals surface area contributed by atoms with Crippen molar-refractivity contribution in [2.24, 2.45) is 0 Å². The van der Waals surface area contributed by atoms with Gasteiger partial charge in [-0.1, -0.05) is 42.5 Å². The standard InChI is InChI=1S/C28H28N2O11/c1-15(31)36-14-22-23(37-16(2)32)24(38-17(3)33)25(39-18(4)34)28(40-22)41-30-26(19-10-6-5-7-11-19)29-21-13-9-8-12-20(21)27(30)35/h5-13,22-25,28H,14H2,1-4H3/t22-,23+,24-,25+,28-/m1/s1. The topological polar surface area (TPSA) is 159 Å². The molecule has 2 aromatic carbocycles. The number of carbonyl (C=O) groups is 4. The van der Waals surface area contributed by atoms with Crippen LogP contribution in [0.3, 0.4) is 0 Å². The first kappa shape index (κ1) is 29.2. The summed E-state index contributed by atoms with van der Waals surface area (Å²) in [6, 6.07) is 15.3. The molecule has 0 radical (unpaired) electrons. The summed E-state index contributed by atoms with van der Waals surface area (Å²) in [5.74, 6) is -2.95. The molecule has 5 atom stereocenters. The maximum atomic E-state index is 13.7. The van der Waals surface area contributed by atoms with Crippen molar-refractivity contribution in [2.45, 2.75) is 58.4 Å². The van der Waals surface area contributed by atoms with Gasteiger partial charge >= 0.3 is 23.9 Å². The normalized spacial score (nSPS) is 21.9. The molecule has 0 spiro atoms. The van der Waals surface area contributed by atoms with Crippen LogP contribution in [0.5, 0.6) is 0 Å². The van der Waals surface area contributed by atoms with E-state index < -0.39 is 66.7 Å². The van der Waals surface area contributed by atoms with Gasteiger partial charge in [0.15, 0.2) is 18.0 Å². The third-order valence-electron chi connectivity index (χ3n) is 5.93.